The SMILES string of the molecule is ClC(Cn1ncc(Cl)c1Br)=C(Br)Br. The minimum absolute atomic E-state index is 0.459. The molecule has 0 aromatic carbocycles. The first-order chi connectivity index (χ1) is 6.02. The van der Waals surface area contributed by atoms with Gasteiger partial charge in [0.2, 0.25) is 0 Å². The number of rotatable bonds is 2. The predicted molar refractivity (Wildman–Crippen MR) is 65.7 cm³/mol. The highest BCUT2D eigenvalue weighted by atomic mass is 79.9. The van der Waals surface area contributed by atoms with E-state index >= 15 is 0 Å². The van der Waals surface area contributed by atoms with Crippen molar-refractivity contribution in [2.75, 3.05) is 0 Å². The van der Waals surface area contributed by atoms with Crippen LogP contribution in [0.2, 0.25) is 5.02 Å². The van der Waals surface area contributed by atoms with Crippen LogP contribution in [0.1, 0.15) is 0 Å². The number of hydrogen-bond acceptors (Lipinski definition) is 1. The van der Waals surface area contributed by atoms with Gasteiger partial charge in [-0.1, -0.05) is 23.2 Å². The fourth-order valence-corrected chi connectivity index (χ4v) is 1.47. The third-order valence-corrected chi connectivity index (χ3v) is 4.29. The molecule has 0 radical (unpaired) electrons. The maximum Gasteiger partial charge on any atom is 0.123 e. The summed E-state index contributed by atoms with van der Waals surface area (Å²) >= 11 is 21.4. The largest absolute Gasteiger partial charge is 0.252 e. The lowest BCUT2D eigenvalue weighted by Crippen LogP contribution is -2.00. The number of hydrogen-bond donors (Lipinski definition) is 0. The number of aromatic nitrogens is 2. The van der Waals surface area contributed by atoms with E-state index in [9.17, 15) is 0 Å². The van der Waals surface area contributed by atoms with Gasteiger partial charge in [-0.25, -0.2) is 0 Å². The van der Waals surface area contributed by atoms with Gasteiger partial charge < -0.3 is 0 Å². The molecule has 13 heavy (non-hydrogen) atoms. The van der Waals surface area contributed by atoms with Gasteiger partial charge in [-0.15, -0.1) is 0 Å². The first-order valence-electron chi connectivity index (χ1n) is 3.09. The summed E-state index contributed by atoms with van der Waals surface area (Å²) in [7, 11) is 0. The van der Waals surface area contributed by atoms with E-state index in [2.05, 4.69) is 52.9 Å². The molecule has 0 bridgehead atoms. The van der Waals surface area contributed by atoms with Gasteiger partial charge in [-0.2, -0.15) is 5.10 Å². The molecular formula is C6H3Br3Cl2N2. The van der Waals surface area contributed by atoms with Crippen LogP contribution >= 0.6 is 71.0 Å². The van der Waals surface area contributed by atoms with Gasteiger partial charge in [-0.3, -0.25) is 4.68 Å². The third-order valence-electron chi connectivity index (χ3n) is 1.23. The van der Waals surface area contributed by atoms with Crippen molar-refractivity contribution < 1.29 is 0 Å². The van der Waals surface area contributed by atoms with Crippen molar-refractivity contribution in [3.63, 3.8) is 0 Å². The Morgan fingerprint density at radius 1 is 1.54 bits per heavy atom. The van der Waals surface area contributed by atoms with Gasteiger partial charge >= 0.3 is 0 Å². The van der Waals surface area contributed by atoms with E-state index in [0.29, 0.717) is 24.6 Å². The first kappa shape index (κ1) is 12.0. The lowest BCUT2D eigenvalue weighted by Gasteiger charge is -2.01. The highest BCUT2D eigenvalue weighted by molar-refractivity contribution is 9.28. The van der Waals surface area contributed by atoms with Gasteiger partial charge in [0, 0.05) is 0 Å². The van der Waals surface area contributed by atoms with Gasteiger partial charge in [-0.05, 0) is 47.8 Å². The zero-order chi connectivity index (χ0) is 10.0. The zero-order valence-corrected chi connectivity index (χ0v) is 12.3. The van der Waals surface area contributed by atoms with Crippen LogP contribution in [-0.2, 0) is 6.54 Å². The second-order valence-corrected chi connectivity index (χ2v) is 6.37. The highest BCUT2D eigenvalue weighted by Crippen LogP contribution is 2.26. The van der Waals surface area contributed by atoms with Crippen LogP contribution in [-0.4, -0.2) is 9.78 Å². The molecule has 0 amide bonds. The molecule has 7 heteroatoms. The average molecular weight is 414 g/mol. The van der Waals surface area contributed by atoms with Crippen molar-refractivity contribution in [3.8, 4) is 0 Å². The molecule has 0 N–H and O–H groups in total. The van der Waals surface area contributed by atoms with Crippen molar-refractivity contribution >= 4 is 71.0 Å². The van der Waals surface area contributed by atoms with E-state index in [1.165, 1.54) is 0 Å². The van der Waals surface area contributed by atoms with Crippen LogP contribution in [0.15, 0.2) is 19.2 Å². The molecule has 0 atom stereocenters. The molecule has 1 heterocycles. The van der Waals surface area contributed by atoms with Crippen LogP contribution in [0.5, 0.6) is 0 Å². The minimum atomic E-state index is 0.459. The summed E-state index contributed by atoms with van der Waals surface area (Å²) in [4.78, 5) is 0. The quantitative estimate of drug-likeness (QED) is 0.698. The van der Waals surface area contributed by atoms with E-state index in [4.69, 9.17) is 23.2 Å². The molecule has 0 fully saturated rings. The topological polar surface area (TPSA) is 17.8 Å². The fourth-order valence-electron chi connectivity index (χ4n) is 0.649. The second-order valence-electron chi connectivity index (χ2n) is 2.11. The van der Waals surface area contributed by atoms with Gasteiger partial charge in [0.05, 0.1) is 26.2 Å². The Balaban J connectivity index is 2.87. The van der Waals surface area contributed by atoms with Crippen molar-refractivity contribution in [3.05, 3.63) is 24.2 Å². The number of halogens is 5. The third kappa shape index (κ3) is 3.23. The summed E-state index contributed by atoms with van der Waals surface area (Å²) in [6.45, 7) is 0.459. The first-order valence-corrected chi connectivity index (χ1v) is 6.22. The van der Waals surface area contributed by atoms with Crippen molar-refractivity contribution in [2.24, 2.45) is 0 Å². The molecule has 0 saturated carbocycles. The summed E-state index contributed by atoms with van der Waals surface area (Å²) in [6, 6.07) is 0. The monoisotopic (exact) mass is 410 g/mol. The summed E-state index contributed by atoms with van der Waals surface area (Å²) < 4.78 is 3.07. The Labute approximate surface area is 111 Å². The van der Waals surface area contributed by atoms with Gasteiger partial charge in [0.15, 0.2) is 0 Å². The van der Waals surface area contributed by atoms with Gasteiger partial charge in [0.1, 0.15) is 4.60 Å². The van der Waals surface area contributed by atoms with Gasteiger partial charge in [0.25, 0.3) is 0 Å². The molecule has 2 nitrogen and oxygen atoms in total. The average Bonchev–Trinajstić information content (AvgIpc) is 2.36. The number of allylic oxidation sites excluding steroid dienone is 1. The Bertz CT molecular complexity index is 344. The Morgan fingerprint density at radius 2 is 2.15 bits per heavy atom. The minimum Gasteiger partial charge on any atom is -0.252 e. The van der Waals surface area contributed by atoms with Crippen LogP contribution in [0, 0.1) is 0 Å². The fraction of sp³-hybridized carbons (Fsp3) is 0.167. The molecule has 0 aliphatic rings. The van der Waals surface area contributed by atoms with Crippen molar-refractivity contribution in [2.45, 2.75) is 6.54 Å². The lowest BCUT2D eigenvalue weighted by molar-refractivity contribution is 0.679. The predicted octanol–water partition coefficient (Wildman–Crippen LogP) is 4.50. The molecule has 0 saturated heterocycles. The summed E-state index contributed by atoms with van der Waals surface area (Å²) in [6.07, 6.45) is 1.55. The smallest absolute Gasteiger partial charge is 0.123 e. The van der Waals surface area contributed by atoms with Crippen LogP contribution in [0.4, 0.5) is 0 Å². The molecule has 0 unspecified atom stereocenters. The normalized spacial score (nSPS) is 10.2. The zero-order valence-electron chi connectivity index (χ0n) is 6.07. The Hall–Kier alpha value is 0.970. The van der Waals surface area contributed by atoms with Crippen LogP contribution in [0.25, 0.3) is 0 Å². The summed E-state index contributed by atoms with van der Waals surface area (Å²) in [5.74, 6) is 0. The van der Waals surface area contributed by atoms with Crippen LogP contribution in [0.3, 0.4) is 0 Å². The Kier molecular flexibility index (Phi) is 4.78. The van der Waals surface area contributed by atoms with E-state index in [1.54, 1.807) is 10.9 Å². The van der Waals surface area contributed by atoms with E-state index in [-0.39, 0.29) is 0 Å². The maximum atomic E-state index is 5.89. The van der Waals surface area contributed by atoms with Crippen molar-refractivity contribution in [1.82, 2.24) is 9.78 Å². The summed E-state index contributed by atoms with van der Waals surface area (Å²) in [5, 5.41) is 5.19. The van der Waals surface area contributed by atoms with E-state index < -0.39 is 0 Å². The number of nitrogens with zero attached hydrogens (tertiary/aromatic N) is 2. The lowest BCUT2D eigenvalue weighted by atomic mass is 10.6. The Morgan fingerprint density at radius 3 is 2.54 bits per heavy atom. The molecule has 0 aliphatic heterocycles. The molecule has 72 valence electrons. The standard InChI is InChI=1S/C6H3Br3Cl2N2/c7-5(8)4(11)2-13-6(9)3(10)1-12-13/h1H,2H2. The van der Waals surface area contributed by atoms with Crippen molar-refractivity contribution in [1.29, 1.82) is 0 Å². The second kappa shape index (κ2) is 5.16. The van der Waals surface area contributed by atoms with Crippen LogP contribution < -0.4 is 0 Å². The highest BCUT2D eigenvalue weighted by Gasteiger charge is 2.07. The van der Waals surface area contributed by atoms with E-state index in [1.807, 2.05) is 0 Å². The molecular weight excluding hydrogens is 411 g/mol. The molecule has 1 aromatic rings. The van der Waals surface area contributed by atoms with E-state index in [0.717, 1.165) is 0 Å². The summed E-state index contributed by atoms with van der Waals surface area (Å²) in [5.41, 5.74) is 0. The molecule has 1 aromatic heterocycles. The maximum absolute atomic E-state index is 5.89. The molecule has 0 aliphatic carbocycles. The molecule has 1 rings (SSSR count). The molecule has 0 spiro atoms.